The summed E-state index contributed by atoms with van der Waals surface area (Å²) in [4.78, 5) is 8.68. The number of nitrogens with zero attached hydrogens (tertiary/aromatic N) is 5. The van der Waals surface area contributed by atoms with Crippen molar-refractivity contribution in [1.82, 2.24) is 29.9 Å². The van der Waals surface area contributed by atoms with Crippen molar-refractivity contribution in [1.29, 1.82) is 0 Å². The minimum atomic E-state index is -4.67. The Kier molecular flexibility index (Phi) is 4.36. The van der Waals surface area contributed by atoms with Gasteiger partial charge in [-0.2, -0.15) is 28.6 Å². The Hall–Kier alpha value is -4.02. The van der Waals surface area contributed by atoms with Gasteiger partial charge in [0.05, 0.1) is 23.1 Å². The number of alkyl halides is 3. The molecule has 11 heteroatoms. The zero-order valence-electron chi connectivity index (χ0n) is 16.7. The van der Waals surface area contributed by atoms with E-state index in [0.717, 1.165) is 0 Å². The number of rotatable bonds is 3. The lowest BCUT2D eigenvalue weighted by molar-refractivity contribution is -0.140. The summed E-state index contributed by atoms with van der Waals surface area (Å²) in [5.41, 5.74) is 0.916. The molecule has 0 amide bonds. The fourth-order valence-corrected chi connectivity index (χ4v) is 3.67. The molecular weight excluding hydrogens is 428 g/mol. The van der Waals surface area contributed by atoms with Crippen molar-refractivity contribution in [3.63, 3.8) is 0 Å². The third-order valence-corrected chi connectivity index (χ3v) is 5.04. The van der Waals surface area contributed by atoms with Gasteiger partial charge in [0.1, 0.15) is 28.5 Å². The molecule has 32 heavy (non-hydrogen) atoms. The van der Waals surface area contributed by atoms with Crippen molar-refractivity contribution in [3.05, 3.63) is 60.1 Å². The van der Waals surface area contributed by atoms with Crippen LogP contribution < -0.4 is 0 Å². The second-order valence-electron chi connectivity index (χ2n) is 7.20. The van der Waals surface area contributed by atoms with E-state index in [1.807, 2.05) is 5.21 Å². The Morgan fingerprint density at radius 2 is 1.84 bits per heavy atom. The number of nitrogens with one attached hydrogen (secondary N) is 1. The summed E-state index contributed by atoms with van der Waals surface area (Å²) in [5.74, 6) is 0.121. The highest BCUT2D eigenvalue weighted by atomic mass is 19.4. The maximum Gasteiger partial charge on any atom is 0.437 e. The number of furan rings is 1. The topological polar surface area (TPSA) is 85.4 Å². The largest absolute Gasteiger partial charge is 0.461 e. The van der Waals surface area contributed by atoms with Crippen LogP contribution in [-0.2, 0) is 13.2 Å². The number of benzene rings is 1. The Bertz CT molecular complexity index is 1460. The van der Waals surface area contributed by atoms with Crippen LogP contribution in [0.2, 0.25) is 0 Å². The summed E-state index contributed by atoms with van der Waals surface area (Å²) in [7, 11) is 1.75. The first-order valence-electron chi connectivity index (χ1n) is 9.39. The van der Waals surface area contributed by atoms with Crippen LogP contribution in [0.4, 0.5) is 17.6 Å². The minimum absolute atomic E-state index is 0.172. The Labute approximate surface area is 177 Å². The van der Waals surface area contributed by atoms with E-state index >= 15 is 0 Å². The van der Waals surface area contributed by atoms with E-state index in [4.69, 9.17) is 4.42 Å². The molecule has 0 saturated heterocycles. The normalized spacial score (nSPS) is 12.1. The van der Waals surface area contributed by atoms with Gasteiger partial charge in [0.25, 0.3) is 0 Å². The van der Waals surface area contributed by atoms with Gasteiger partial charge in [-0.3, -0.25) is 4.98 Å². The highest BCUT2D eigenvalue weighted by molar-refractivity contribution is 5.95. The lowest BCUT2D eigenvalue weighted by atomic mass is 10.0. The molecule has 0 aliphatic heterocycles. The predicted molar refractivity (Wildman–Crippen MR) is 107 cm³/mol. The van der Waals surface area contributed by atoms with Crippen molar-refractivity contribution < 1.29 is 22.0 Å². The summed E-state index contributed by atoms with van der Waals surface area (Å²) in [5, 5.41) is 9.24. The number of hydrogen-bond donors (Lipinski definition) is 1. The SMILES string of the molecule is Cc1cc2c(F)ccc(-c3c(-c4cc(-c5n[nH]nc5C(F)(F)F)ccn4)ncn3C)c2o1. The molecule has 0 aliphatic rings. The molecule has 162 valence electrons. The average Bonchev–Trinajstić information content (AvgIpc) is 3.46. The van der Waals surface area contributed by atoms with Crippen LogP contribution in [0.15, 0.2) is 47.3 Å². The number of aromatic amines is 1. The second kappa shape index (κ2) is 7.01. The fourth-order valence-electron chi connectivity index (χ4n) is 3.67. The number of aryl methyl sites for hydroxylation is 2. The van der Waals surface area contributed by atoms with Crippen molar-refractivity contribution in [3.8, 4) is 33.9 Å². The molecule has 0 saturated carbocycles. The van der Waals surface area contributed by atoms with Gasteiger partial charge in [0.15, 0.2) is 5.69 Å². The minimum Gasteiger partial charge on any atom is -0.461 e. The summed E-state index contributed by atoms with van der Waals surface area (Å²) >= 11 is 0. The van der Waals surface area contributed by atoms with Gasteiger partial charge in [-0.1, -0.05) is 0 Å². The van der Waals surface area contributed by atoms with Gasteiger partial charge < -0.3 is 8.98 Å². The average molecular weight is 442 g/mol. The van der Waals surface area contributed by atoms with Crippen molar-refractivity contribution in [2.24, 2.45) is 7.05 Å². The number of hydrogen-bond acceptors (Lipinski definition) is 5. The van der Waals surface area contributed by atoms with E-state index in [1.54, 1.807) is 37.0 Å². The smallest absolute Gasteiger partial charge is 0.437 e. The number of pyridine rings is 1. The van der Waals surface area contributed by atoms with Crippen LogP contribution >= 0.6 is 0 Å². The van der Waals surface area contributed by atoms with E-state index in [2.05, 4.69) is 20.2 Å². The summed E-state index contributed by atoms with van der Waals surface area (Å²) in [6, 6.07) is 7.37. The van der Waals surface area contributed by atoms with Gasteiger partial charge in [-0.25, -0.2) is 9.37 Å². The van der Waals surface area contributed by atoms with Crippen LogP contribution in [-0.4, -0.2) is 29.9 Å². The van der Waals surface area contributed by atoms with Crippen LogP contribution in [0, 0.1) is 12.7 Å². The summed E-state index contributed by atoms with van der Waals surface area (Å²) < 4.78 is 61.5. The van der Waals surface area contributed by atoms with Crippen molar-refractivity contribution in [2.75, 3.05) is 0 Å². The van der Waals surface area contributed by atoms with Crippen molar-refractivity contribution in [2.45, 2.75) is 13.1 Å². The van der Waals surface area contributed by atoms with E-state index in [-0.39, 0.29) is 11.3 Å². The van der Waals surface area contributed by atoms with Crippen molar-refractivity contribution >= 4 is 11.0 Å². The highest BCUT2D eigenvalue weighted by Crippen LogP contribution is 2.38. The molecule has 0 unspecified atom stereocenters. The molecule has 0 radical (unpaired) electrons. The third-order valence-electron chi connectivity index (χ3n) is 5.04. The first-order valence-corrected chi connectivity index (χ1v) is 9.39. The number of halogens is 4. The van der Waals surface area contributed by atoms with Gasteiger partial charge in [0.2, 0.25) is 0 Å². The number of fused-ring (bicyclic) bond motifs is 1. The molecule has 1 aromatic carbocycles. The fraction of sp³-hybridized carbons (Fsp3) is 0.143. The van der Waals surface area contributed by atoms with Gasteiger partial charge in [0, 0.05) is 24.4 Å². The highest BCUT2D eigenvalue weighted by Gasteiger charge is 2.38. The monoisotopic (exact) mass is 442 g/mol. The Morgan fingerprint density at radius 3 is 2.62 bits per heavy atom. The van der Waals surface area contributed by atoms with E-state index in [9.17, 15) is 17.6 Å². The van der Waals surface area contributed by atoms with Crippen LogP contribution in [0.25, 0.3) is 44.9 Å². The summed E-state index contributed by atoms with van der Waals surface area (Å²) in [6.07, 6.45) is -1.75. The lowest BCUT2D eigenvalue weighted by Crippen LogP contribution is -2.07. The molecule has 0 bridgehead atoms. The molecule has 7 nitrogen and oxygen atoms in total. The molecule has 5 rings (SSSR count). The van der Waals surface area contributed by atoms with E-state index < -0.39 is 17.7 Å². The number of imidazole rings is 1. The van der Waals surface area contributed by atoms with Crippen LogP contribution in [0.5, 0.6) is 0 Å². The van der Waals surface area contributed by atoms with Crippen LogP contribution in [0.3, 0.4) is 0 Å². The van der Waals surface area contributed by atoms with Crippen LogP contribution in [0.1, 0.15) is 11.5 Å². The van der Waals surface area contributed by atoms with E-state index in [1.165, 1.54) is 24.4 Å². The number of aromatic nitrogens is 6. The Morgan fingerprint density at radius 1 is 1.03 bits per heavy atom. The van der Waals surface area contributed by atoms with Gasteiger partial charge in [-0.05, 0) is 37.3 Å². The zero-order chi connectivity index (χ0) is 22.6. The van der Waals surface area contributed by atoms with Gasteiger partial charge >= 0.3 is 6.18 Å². The molecule has 0 atom stereocenters. The van der Waals surface area contributed by atoms with Gasteiger partial charge in [-0.15, -0.1) is 0 Å². The van der Waals surface area contributed by atoms with E-state index in [0.29, 0.717) is 39.4 Å². The third kappa shape index (κ3) is 3.13. The predicted octanol–water partition coefficient (Wildman–Crippen LogP) is 5.15. The molecule has 0 spiro atoms. The second-order valence-corrected chi connectivity index (χ2v) is 7.20. The molecule has 1 N–H and O–H groups in total. The first-order chi connectivity index (χ1) is 15.2. The number of H-pyrrole nitrogens is 1. The maximum atomic E-state index is 14.3. The molecule has 0 fully saturated rings. The molecule has 5 aromatic rings. The Balaban J connectivity index is 1.68. The molecule has 0 aliphatic carbocycles. The zero-order valence-corrected chi connectivity index (χ0v) is 16.7. The molecular formula is C21H14F4N6O. The first kappa shape index (κ1) is 19.9. The maximum absolute atomic E-state index is 14.3. The summed E-state index contributed by atoms with van der Waals surface area (Å²) in [6.45, 7) is 1.72. The molecule has 4 aromatic heterocycles. The lowest BCUT2D eigenvalue weighted by Gasteiger charge is -2.09. The standard InChI is InChI=1S/C21H14F4N6O/c1-10-7-13-14(22)4-3-12(19(13)32-10)18-17(27-9-31(18)2)15-8-11(5-6-26-15)16-20(21(23,24)25)29-30-28-16/h3-9H,1-2H3,(H,28,29,30). The molecule has 4 heterocycles. The quantitative estimate of drug-likeness (QED) is 0.391.